The molecule has 0 aliphatic heterocycles. The molecule has 0 saturated carbocycles. The fraction of sp³-hybridized carbons (Fsp3) is 0.143. The summed E-state index contributed by atoms with van der Waals surface area (Å²) in [7, 11) is 0. The van der Waals surface area contributed by atoms with E-state index in [1.807, 2.05) is 36.4 Å². The standard InChI is InChI=1S/C21H18O3/c22-18-3-1-2-13(12-18)14-4-5-15(10-14)16-6-8-19-17(11-16)7-9-20(19)21(23)24/h1-3,5-12,20-24H,4H2. The minimum absolute atomic E-state index is 0.276. The van der Waals surface area contributed by atoms with Crippen molar-refractivity contribution in [1.29, 1.82) is 0 Å². The Labute approximate surface area is 140 Å². The average molecular weight is 318 g/mol. The first-order chi connectivity index (χ1) is 11.6. The highest BCUT2D eigenvalue weighted by atomic mass is 16.5. The Morgan fingerprint density at radius 1 is 1.00 bits per heavy atom. The van der Waals surface area contributed by atoms with Crippen molar-refractivity contribution >= 4 is 17.2 Å². The van der Waals surface area contributed by atoms with Gasteiger partial charge < -0.3 is 15.3 Å². The third-order valence-corrected chi connectivity index (χ3v) is 4.67. The lowest BCUT2D eigenvalue weighted by Gasteiger charge is -2.13. The van der Waals surface area contributed by atoms with Crippen LogP contribution in [0, 0.1) is 0 Å². The first kappa shape index (κ1) is 14.9. The van der Waals surface area contributed by atoms with Gasteiger partial charge in [-0.1, -0.05) is 48.6 Å². The van der Waals surface area contributed by atoms with Crippen LogP contribution in [0.5, 0.6) is 5.75 Å². The molecular weight excluding hydrogens is 300 g/mol. The molecule has 2 aromatic carbocycles. The number of aliphatic hydroxyl groups excluding tert-OH is 1. The monoisotopic (exact) mass is 318 g/mol. The molecule has 0 fully saturated rings. The predicted molar refractivity (Wildman–Crippen MR) is 95.1 cm³/mol. The molecule has 4 rings (SSSR count). The van der Waals surface area contributed by atoms with Crippen LogP contribution in [0.3, 0.4) is 0 Å². The largest absolute Gasteiger partial charge is 0.508 e. The normalized spacial score (nSPS) is 18.7. The van der Waals surface area contributed by atoms with E-state index in [9.17, 15) is 15.3 Å². The number of benzene rings is 2. The summed E-state index contributed by atoms with van der Waals surface area (Å²) in [6.07, 6.45) is 7.57. The van der Waals surface area contributed by atoms with Crippen molar-refractivity contribution < 1.29 is 15.3 Å². The van der Waals surface area contributed by atoms with Crippen molar-refractivity contribution in [3.8, 4) is 5.75 Å². The van der Waals surface area contributed by atoms with Gasteiger partial charge in [-0.2, -0.15) is 0 Å². The van der Waals surface area contributed by atoms with Crippen LogP contribution < -0.4 is 0 Å². The second kappa shape index (κ2) is 5.78. The maximum absolute atomic E-state index is 9.64. The number of fused-ring (bicyclic) bond motifs is 1. The Balaban J connectivity index is 1.63. The van der Waals surface area contributed by atoms with Crippen molar-refractivity contribution in [2.24, 2.45) is 0 Å². The molecule has 0 amide bonds. The van der Waals surface area contributed by atoms with E-state index in [1.54, 1.807) is 12.1 Å². The highest BCUT2D eigenvalue weighted by Crippen LogP contribution is 2.37. The Hall–Kier alpha value is -2.62. The lowest BCUT2D eigenvalue weighted by atomic mass is 9.96. The average Bonchev–Trinajstić information content (AvgIpc) is 3.21. The number of aromatic hydroxyl groups is 1. The van der Waals surface area contributed by atoms with Gasteiger partial charge >= 0.3 is 0 Å². The molecule has 24 heavy (non-hydrogen) atoms. The van der Waals surface area contributed by atoms with Crippen LogP contribution in [-0.4, -0.2) is 21.6 Å². The van der Waals surface area contributed by atoms with Crippen LogP contribution in [0.2, 0.25) is 0 Å². The van der Waals surface area contributed by atoms with Gasteiger partial charge in [-0.25, -0.2) is 0 Å². The third kappa shape index (κ3) is 2.58. The number of phenols is 1. The van der Waals surface area contributed by atoms with Crippen molar-refractivity contribution in [2.75, 3.05) is 0 Å². The Bertz CT molecular complexity index is 888. The van der Waals surface area contributed by atoms with Crippen LogP contribution in [0.4, 0.5) is 0 Å². The van der Waals surface area contributed by atoms with E-state index in [4.69, 9.17) is 0 Å². The topological polar surface area (TPSA) is 60.7 Å². The SMILES string of the molecule is Oc1cccc(C2=CC(c3ccc4c(c3)C=CC4C(O)O)=CC2)c1. The molecular formula is C21H18O3. The van der Waals surface area contributed by atoms with Crippen molar-refractivity contribution in [3.63, 3.8) is 0 Å². The molecule has 0 radical (unpaired) electrons. The number of aliphatic hydroxyl groups is 2. The van der Waals surface area contributed by atoms with Gasteiger partial charge in [0, 0.05) is 0 Å². The van der Waals surface area contributed by atoms with E-state index in [-0.39, 0.29) is 11.7 Å². The first-order valence-corrected chi connectivity index (χ1v) is 8.00. The number of allylic oxidation sites excluding steroid dienone is 4. The number of hydrogen-bond acceptors (Lipinski definition) is 3. The summed E-state index contributed by atoms with van der Waals surface area (Å²) in [4.78, 5) is 0. The molecule has 0 bridgehead atoms. The zero-order chi connectivity index (χ0) is 16.7. The molecule has 0 aromatic heterocycles. The number of phenolic OH excluding ortho intramolecular Hbond substituents is 1. The lowest BCUT2D eigenvalue weighted by molar-refractivity contribution is -0.0490. The molecule has 2 aromatic rings. The highest BCUT2D eigenvalue weighted by Gasteiger charge is 2.23. The van der Waals surface area contributed by atoms with E-state index < -0.39 is 6.29 Å². The van der Waals surface area contributed by atoms with Gasteiger partial charge in [0.1, 0.15) is 5.75 Å². The first-order valence-electron chi connectivity index (χ1n) is 8.00. The summed E-state index contributed by atoms with van der Waals surface area (Å²) in [6, 6.07) is 13.4. The van der Waals surface area contributed by atoms with E-state index in [1.165, 1.54) is 5.57 Å². The van der Waals surface area contributed by atoms with Crippen molar-refractivity contribution in [1.82, 2.24) is 0 Å². The molecule has 120 valence electrons. The van der Waals surface area contributed by atoms with E-state index >= 15 is 0 Å². The molecule has 2 aliphatic rings. The Kier molecular flexibility index (Phi) is 3.60. The predicted octanol–water partition coefficient (Wildman–Crippen LogP) is 3.68. The zero-order valence-electron chi connectivity index (χ0n) is 13.1. The zero-order valence-corrected chi connectivity index (χ0v) is 13.1. The van der Waals surface area contributed by atoms with Crippen LogP contribution in [0.1, 0.15) is 34.6 Å². The minimum atomic E-state index is -1.36. The van der Waals surface area contributed by atoms with Gasteiger partial charge in [0.05, 0.1) is 5.92 Å². The van der Waals surface area contributed by atoms with Gasteiger partial charge in [0.25, 0.3) is 0 Å². The van der Waals surface area contributed by atoms with E-state index in [2.05, 4.69) is 18.2 Å². The van der Waals surface area contributed by atoms with Gasteiger partial charge in [0.2, 0.25) is 0 Å². The number of hydrogen-bond donors (Lipinski definition) is 3. The minimum Gasteiger partial charge on any atom is -0.508 e. The summed E-state index contributed by atoms with van der Waals surface area (Å²) < 4.78 is 0. The van der Waals surface area contributed by atoms with Gasteiger partial charge in [0.15, 0.2) is 6.29 Å². The Morgan fingerprint density at radius 2 is 1.88 bits per heavy atom. The van der Waals surface area contributed by atoms with Gasteiger partial charge in [-0.15, -0.1) is 0 Å². The third-order valence-electron chi connectivity index (χ3n) is 4.67. The van der Waals surface area contributed by atoms with Crippen LogP contribution in [0.15, 0.2) is 60.7 Å². The maximum Gasteiger partial charge on any atom is 0.161 e. The summed E-state index contributed by atoms with van der Waals surface area (Å²) in [6.45, 7) is 0. The van der Waals surface area contributed by atoms with Crippen molar-refractivity contribution in [3.05, 3.63) is 82.9 Å². The van der Waals surface area contributed by atoms with E-state index in [0.717, 1.165) is 34.2 Å². The smallest absolute Gasteiger partial charge is 0.161 e. The second-order valence-corrected chi connectivity index (χ2v) is 6.23. The van der Waals surface area contributed by atoms with Gasteiger partial charge in [-0.3, -0.25) is 0 Å². The van der Waals surface area contributed by atoms with Crippen LogP contribution in [-0.2, 0) is 0 Å². The van der Waals surface area contributed by atoms with E-state index in [0.29, 0.717) is 0 Å². The maximum atomic E-state index is 9.64. The van der Waals surface area contributed by atoms with Crippen LogP contribution in [0.25, 0.3) is 17.2 Å². The summed E-state index contributed by atoms with van der Waals surface area (Å²) in [5.41, 5.74) is 6.46. The molecule has 0 heterocycles. The molecule has 0 spiro atoms. The summed E-state index contributed by atoms with van der Waals surface area (Å²) in [5.74, 6) is -0.0666. The molecule has 0 saturated heterocycles. The quantitative estimate of drug-likeness (QED) is 0.757. The fourth-order valence-corrected chi connectivity index (χ4v) is 3.41. The highest BCUT2D eigenvalue weighted by molar-refractivity contribution is 5.90. The number of rotatable bonds is 3. The molecule has 3 N–H and O–H groups in total. The molecule has 1 atom stereocenters. The Morgan fingerprint density at radius 3 is 2.67 bits per heavy atom. The van der Waals surface area contributed by atoms with Gasteiger partial charge in [-0.05, 0) is 58.0 Å². The molecule has 1 unspecified atom stereocenters. The molecule has 3 heteroatoms. The lowest BCUT2D eigenvalue weighted by Crippen LogP contribution is -2.14. The molecule has 3 nitrogen and oxygen atoms in total. The van der Waals surface area contributed by atoms with Crippen LogP contribution >= 0.6 is 0 Å². The summed E-state index contributed by atoms with van der Waals surface area (Å²) >= 11 is 0. The molecule has 2 aliphatic carbocycles. The summed E-state index contributed by atoms with van der Waals surface area (Å²) in [5, 5.41) is 28.5. The van der Waals surface area contributed by atoms with Crippen molar-refractivity contribution in [2.45, 2.75) is 18.6 Å². The fourth-order valence-electron chi connectivity index (χ4n) is 3.41. The second-order valence-electron chi connectivity index (χ2n) is 6.23.